The first-order chi connectivity index (χ1) is 8.70. The van der Waals surface area contributed by atoms with E-state index in [9.17, 15) is 0 Å². The highest BCUT2D eigenvalue weighted by Gasteiger charge is 2.42. The van der Waals surface area contributed by atoms with Gasteiger partial charge in [-0.3, -0.25) is 0 Å². The van der Waals surface area contributed by atoms with E-state index in [-0.39, 0.29) is 0 Å². The Morgan fingerprint density at radius 2 is 1.28 bits per heavy atom. The Bertz CT molecular complexity index is 242. The molecule has 0 aromatic carbocycles. The molecule has 2 aliphatic rings. The summed E-state index contributed by atoms with van der Waals surface area (Å²) >= 11 is 0. The van der Waals surface area contributed by atoms with Gasteiger partial charge in [0.05, 0.1) is 51.9 Å². The van der Waals surface area contributed by atoms with Gasteiger partial charge in [0.1, 0.15) is 0 Å². The average molecular weight is 254 g/mol. The van der Waals surface area contributed by atoms with Gasteiger partial charge in [-0.2, -0.15) is 0 Å². The van der Waals surface area contributed by atoms with E-state index in [4.69, 9.17) is 0 Å². The van der Waals surface area contributed by atoms with Crippen molar-refractivity contribution in [2.75, 3.05) is 45.8 Å². The highest BCUT2D eigenvalue weighted by Crippen LogP contribution is 2.31. The van der Waals surface area contributed by atoms with Gasteiger partial charge in [0, 0.05) is 12.8 Å². The molecule has 0 aromatic heterocycles. The molecule has 0 aromatic rings. The van der Waals surface area contributed by atoms with Gasteiger partial charge in [-0.25, -0.2) is 0 Å². The molecule has 2 aliphatic heterocycles. The highest BCUT2D eigenvalue weighted by atomic mass is 15.4. The van der Waals surface area contributed by atoms with Crippen molar-refractivity contribution in [3.63, 3.8) is 0 Å². The van der Waals surface area contributed by atoms with Crippen LogP contribution in [0.2, 0.25) is 0 Å². The molecule has 0 unspecified atom stereocenters. The number of hydrogen-bond donors (Lipinski definition) is 0. The van der Waals surface area contributed by atoms with Crippen molar-refractivity contribution in [2.45, 2.75) is 58.9 Å². The fourth-order valence-electron chi connectivity index (χ4n) is 4.59. The van der Waals surface area contributed by atoms with E-state index < -0.39 is 0 Å². The minimum Gasteiger partial charge on any atom is -0.324 e. The van der Waals surface area contributed by atoms with Crippen LogP contribution in [0.1, 0.15) is 52.9 Å². The summed E-state index contributed by atoms with van der Waals surface area (Å²) in [7, 11) is 0. The Hall–Kier alpha value is -0.0800. The third-order valence-electron chi connectivity index (χ3n) is 6.33. The van der Waals surface area contributed by atoms with Crippen LogP contribution < -0.4 is 0 Å². The van der Waals surface area contributed by atoms with Crippen LogP contribution >= 0.6 is 0 Å². The molecule has 0 atom stereocenters. The summed E-state index contributed by atoms with van der Waals surface area (Å²) in [4.78, 5) is 0. The zero-order chi connectivity index (χ0) is 13.1. The summed E-state index contributed by atoms with van der Waals surface area (Å²) in [5.74, 6) is 0. The van der Waals surface area contributed by atoms with Gasteiger partial charge in [0.25, 0.3) is 0 Å². The van der Waals surface area contributed by atoms with Crippen molar-refractivity contribution in [1.82, 2.24) is 0 Å². The fourth-order valence-corrected chi connectivity index (χ4v) is 4.59. The molecule has 106 valence electrons. The smallest absolute Gasteiger partial charge is 0.0998 e. The molecular formula is C16H34N2+2. The molecule has 2 fully saturated rings. The highest BCUT2D eigenvalue weighted by molar-refractivity contribution is 4.69. The van der Waals surface area contributed by atoms with Crippen LogP contribution in [0.4, 0.5) is 0 Å². The minimum absolute atomic E-state index is 0.986. The van der Waals surface area contributed by atoms with E-state index in [2.05, 4.69) is 20.8 Å². The molecule has 0 N–H and O–H groups in total. The number of rotatable bonds is 4. The first kappa shape index (κ1) is 14.3. The molecular weight excluding hydrogens is 220 g/mol. The van der Waals surface area contributed by atoms with E-state index in [1.807, 2.05) is 0 Å². The van der Waals surface area contributed by atoms with Gasteiger partial charge in [0.2, 0.25) is 0 Å². The number of nitrogens with zero attached hydrogens (tertiary/aromatic N) is 2. The summed E-state index contributed by atoms with van der Waals surface area (Å²) in [6, 6.07) is 0.986. The molecule has 0 spiro atoms. The molecule has 0 amide bonds. The molecule has 2 rings (SSSR count). The minimum atomic E-state index is 0.986. The maximum absolute atomic E-state index is 2.43. The van der Waals surface area contributed by atoms with Gasteiger partial charge in [-0.1, -0.05) is 0 Å². The van der Waals surface area contributed by atoms with Crippen molar-refractivity contribution in [3.05, 3.63) is 0 Å². The summed E-state index contributed by atoms with van der Waals surface area (Å²) in [6.45, 7) is 17.1. The fraction of sp³-hybridized carbons (Fsp3) is 1.00. The molecule has 2 heteroatoms. The largest absolute Gasteiger partial charge is 0.324 e. The Labute approximate surface area is 114 Å². The molecule has 0 radical (unpaired) electrons. The molecule has 0 bridgehead atoms. The molecule has 2 heterocycles. The van der Waals surface area contributed by atoms with Crippen LogP contribution in [-0.2, 0) is 0 Å². The third-order valence-corrected chi connectivity index (χ3v) is 6.33. The summed E-state index contributed by atoms with van der Waals surface area (Å²) in [6.07, 6.45) is 7.40. The normalized spacial score (nSPS) is 28.2. The molecule has 2 nitrogen and oxygen atoms in total. The van der Waals surface area contributed by atoms with Gasteiger partial charge >= 0.3 is 0 Å². The predicted molar refractivity (Wildman–Crippen MR) is 78.5 cm³/mol. The van der Waals surface area contributed by atoms with E-state index in [1.54, 1.807) is 0 Å². The zero-order valence-corrected chi connectivity index (χ0v) is 13.0. The van der Waals surface area contributed by atoms with Crippen LogP contribution in [0.3, 0.4) is 0 Å². The number of hydrogen-bond acceptors (Lipinski definition) is 0. The molecule has 0 saturated carbocycles. The number of likely N-dealkylation sites (tertiary alicyclic amines) is 2. The second kappa shape index (κ2) is 5.92. The molecule has 18 heavy (non-hydrogen) atoms. The SMILES string of the molecule is CC[N+]1(CC)CCC([N+]2(CC)CCCCC2)CC1. The van der Waals surface area contributed by atoms with Crippen molar-refractivity contribution in [2.24, 2.45) is 0 Å². The van der Waals surface area contributed by atoms with Gasteiger partial charge in [-0.15, -0.1) is 0 Å². The van der Waals surface area contributed by atoms with Gasteiger partial charge < -0.3 is 8.97 Å². The van der Waals surface area contributed by atoms with Crippen molar-refractivity contribution >= 4 is 0 Å². The lowest BCUT2D eigenvalue weighted by molar-refractivity contribution is -0.981. The average Bonchev–Trinajstić information content (AvgIpc) is 2.48. The number of quaternary nitrogens is 2. The zero-order valence-electron chi connectivity index (χ0n) is 13.0. The summed E-state index contributed by atoms with van der Waals surface area (Å²) in [5, 5.41) is 0. The topological polar surface area (TPSA) is 0 Å². The van der Waals surface area contributed by atoms with Crippen LogP contribution in [0.5, 0.6) is 0 Å². The first-order valence-corrected chi connectivity index (χ1v) is 8.41. The Balaban J connectivity index is 1.99. The Morgan fingerprint density at radius 1 is 0.722 bits per heavy atom. The van der Waals surface area contributed by atoms with E-state index in [1.165, 1.54) is 86.9 Å². The Kier molecular flexibility index (Phi) is 4.71. The van der Waals surface area contributed by atoms with Crippen molar-refractivity contribution in [3.8, 4) is 0 Å². The summed E-state index contributed by atoms with van der Waals surface area (Å²) < 4.78 is 2.85. The third kappa shape index (κ3) is 2.60. The Morgan fingerprint density at radius 3 is 1.72 bits per heavy atom. The first-order valence-electron chi connectivity index (χ1n) is 8.41. The van der Waals surface area contributed by atoms with Crippen LogP contribution in [-0.4, -0.2) is 60.8 Å². The second-order valence-corrected chi connectivity index (χ2v) is 6.70. The lowest BCUT2D eigenvalue weighted by atomic mass is 9.94. The maximum atomic E-state index is 2.43. The van der Waals surface area contributed by atoms with Crippen LogP contribution in [0.15, 0.2) is 0 Å². The van der Waals surface area contributed by atoms with Gasteiger partial charge in [-0.05, 0) is 40.0 Å². The second-order valence-electron chi connectivity index (χ2n) is 6.70. The van der Waals surface area contributed by atoms with E-state index in [0.29, 0.717) is 0 Å². The maximum Gasteiger partial charge on any atom is 0.0998 e. The standard InChI is InChI=1S/C16H34N2/c1-4-17(5-2)14-10-16(11-15-17)18(6-3)12-8-7-9-13-18/h16H,4-15H2,1-3H3/q+2. The van der Waals surface area contributed by atoms with Crippen LogP contribution in [0.25, 0.3) is 0 Å². The molecule has 0 aliphatic carbocycles. The predicted octanol–water partition coefficient (Wildman–Crippen LogP) is 3.03. The van der Waals surface area contributed by atoms with E-state index in [0.717, 1.165) is 6.04 Å². The van der Waals surface area contributed by atoms with Crippen LogP contribution in [0, 0.1) is 0 Å². The van der Waals surface area contributed by atoms with E-state index >= 15 is 0 Å². The monoisotopic (exact) mass is 254 g/mol. The lowest BCUT2D eigenvalue weighted by Crippen LogP contribution is -2.64. The summed E-state index contributed by atoms with van der Waals surface area (Å²) in [5.41, 5.74) is 0. The van der Waals surface area contributed by atoms with Crippen molar-refractivity contribution in [1.29, 1.82) is 0 Å². The lowest BCUT2D eigenvalue weighted by Gasteiger charge is -2.51. The van der Waals surface area contributed by atoms with Gasteiger partial charge in [0.15, 0.2) is 0 Å². The van der Waals surface area contributed by atoms with Crippen molar-refractivity contribution < 1.29 is 8.97 Å². The quantitative estimate of drug-likeness (QED) is 0.677. The number of piperidine rings is 2. The molecule has 2 saturated heterocycles.